The molecule has 2 nitrogen and oxygen atoms in total. The summed E-state index contributed by atoms with van der Waals surface area (Å²) in [4.78, 5) is 4.61. The summed E-state index contributed by atoms with van der Waals surface area (Å²) < 4.78 is 0. The molecule has 0 radical (unpaired) electrons. The van der Waals surface area contributed by atoms with Crippen LogP contribution in [0.15, 0.2) is 164 Å². The van der Waals surface area contributed by atoms with Gasteiger partial charge in [0.15, 0.2) is 0 Å². The van der Waals surface area contributed by atoms with E-state index in [1.165, 1.54) is 32.7 Å². The SMILES string of the molecule is C=C/C=C\C=C(/C)c1ccc(N(C)c2ccc(N(c3cccc4ccccc34)c3cccc4ccccc34)cc2)cc1. The minimum absolute atomic E-state index is 1.11. The molecule has 0 spiro atoms. The normalized spacial score (nSPS) is 11.7. The number of allylic oxidation sites excluding steroid dienone is 5. The van der Waals surface area contributed by atoms with Crippen LogP contribution in [0.2, 0.25) is 0 Å². The zero-order valence-corrected chi connectivity index (χ0v) is 24.1. The molecule has 6 aromatic rings. The van der Waals surface area contributed by atoms with Gasteiger partial charge in [0.1, 0.15) is 0 Å². The van der Waals surface area contributed by atoms with Crippen LogP contribution in [0.1, 0.15) is 12.5 Å². The van der Waals surface area contributed by atoms with Gasteiger partial charge in [-0.15, -0.1) is 0 Å². The van der Waals surface area contributed by atoms with E-state index in [-0.39, 0.29) is 0 Å². The van der Waals surface area contributed by atoms with E-state index in [0.717, 1.165) is 28.4 Å². The number of rotatable bonds is 8. The summed E-state index contributed by atoms with van der Waals surface area (Å²) in [6.07, 6.45) is 7.86. The maximum absolute atomic E-state index is 3.74. The molecule has 0 N–H and O–H groups in total. The molecular formula is C40H34N2. The fourth-order valence-electron chi connectivity index (χ4n) is 5.51. The largest absolute Gasteiger partial charge is 0.345 e. The number of hydrogen-bond donors (Lipinski definition) is 0. The highest BCUT2D eigenvalue weighted by molar-refractivity contribution is 6.04. The van der Waals surface area contributed by atoms with Crippen LogP contribution in [0.5, 0.6) is 0 Å². The lowest BCUT2D eigenvalue weighted by molar-refractivity contribution is 1.20. The van der Waals surface area contributed by atoms with Crippen molar-refractivity contribution in [3.8, 4) is 0 Å². The van der Waals surface area contributed by atoms with E-state index in [0.29, 0.717) is 0 Å². The highest BCUT2D eigenvalue weighted by Gasteiger charge is 2.18. The smallest absolute Gasteiger partial charge is 0.0540 e. The summed E-state index contributed by atoms with van der Waals surface area (Å²) in [5, 5.41) is 4.89. The van der Waals surface area contributed by atoms with Crippen LogP contribution in [0.4, 0.5) is 28.4 Å². The van der Waals surface area contributed by atoms with E-state index in [9.17, 15) is 0 Å². The van der Waals surface area contributed by atoms with E-state index in [1.807, 2.05) is 12.2 Å². The van der Waals surface area contributed by atoms with E-state index < -0.39 is 0 Å². The maximum Gasteiger partial charge on any atom is 0.0540 e. The van der Waals surface area contributed by atoms with Crippen LogP contribution < -0.4 is 9.80 Å². The summed E-state index contributed by atoms with van der Waals surface area (Å²) in [5.41, 5.74) is 8.12. The molecule has 6 aromatic carbocycles. The summed E-state index contributed by atoms with van der Waals surface area (Å²) in [7, 11) is 2.12. The maximum atomic E-state index is 3.74. The molecule has 0 aliphatic rings. The average Bonchev–Trinajstić information content (AvgIpc) is 3.05. The Morgan fingerprint density at radius 3 is 1.57 bits per heavy atom. The van der Waals surface area contributed by atoms with Crippen LogP contribution in [0.3, 0.4) is 0 Å². The molecule has 0 saturated heterocycles. The Bertz CT molecular complexity index is 1820. The van der Waals surface area contributed by atoms with Crippen molar-refractivity contribution in [1.82, 2.24) is 0 Å². The first-order valence-electron chi connectivity index (χ1n) is 14.3. The van der Waals surface area contributed by atoms with Crippen molar-refractivity contribution in [1.29, 1.82) is 0 Å². The Morgan fingerprint density at radius 2 is 1.02 bits per heavy atom. The molecule has 0 fully saturated rings. The molecule has 6 rings (SSSR count). The van der Waals surface area contributed by atoms with Gasteiger partial charge in [-0.1, -0.05) is 116 Å². The van der Waals surface area contributed by atoms with Gasteiger partial charge in [-0.2, -0.15) is 0 Å². The first-order chi connectivity index (χ1) is 20.6. The van der Waals surface area contributed by atoms with Crippen molar-refractivity contribution >= 4 is 55.6 Å². The number of nitrogens with zero attached hydrogens (tertiary/aromatic N) is 2. The molecule has 0 heterocycles. The topological polar surface area (TPSA) is 6.48 Å². The molecule has 0 aliphatic carbocycles. The van der Waals surface area contributed by atoms with Gasteiger partial charge in [0.05, 0.1) is 11.4 Å². The van der Waals surface area contributed by atoms with Gasteiger partial charge in [-0.05, 0) is 77.4 Å². The van der Waals surface area contributed by atoms with Crippen LogP contribution >= 0.6 is 0 Å². The molecule has 42 heavy (non-hydrogen) atoms. The van der Waals surface area contributed by atoms with Crippen molar-refractivity contribution in [2.75, 3.05) is 16.8 Å². The summed E-state index contributed by atoms with van der Waals surface area (Å²) in [6, 6.07) is 47.9. The Hall–Kier alpha value is -5.34. The van der Waals surface area contributed by atoms with Crippen LogP contribution in [-0.2, 0) is 0 Å². The van der Waals surface area contributed by atoms with Crippen molar-refractivity contribution in [2.45, 2.75) is 6.92 Å². The number of fused-ring (bicyclic) bond motifs is 2. The predicted molar refractivity (Wildman–Crippen MR) is 184 cm³/mol. The zero-order valence-electron chi connectivity index (χ0n) is 24.1. The van der Waals surface area contributed by atoms with Gasteiger partial charge >= 0.3 is 0 Å². The van der Waals surface area contributed by atoms with Crippen LogP contribution in [0, 0.1) is 0 Å². The third-order valence-electron chi connectivity index (χ3n) is 7.81. The lowest BCUT2D eigenvalue weighted by Crippen LogP contribution is -2.12. The average molecular weight is 543 g/mol. The van der Waals surface area contributed by atoms with E-state index in [4.69, 9.17) is 0 Å². The Kier molecular flexibility index (Phi) is 7.70. The molecular weight excluding hydrogens is 508 g/mol. The van der Waals surface area contributed by atoms with Gasteiger partial charge in [0, 0.05) is 34.9 Å². The molecule has 204 valence electrons. The molecule has 0 atom stereocenters. The number of anilines is 5. The number of hydrogen-bond acceptors (Lipinski definition) is 2. The van der Waals surface area contributed by atoms with Gasteiger partial charge in [0.25, 0.3) is 0 Å². The van der Waals surface area contributed by atoms with Crippen molar-refractivity contribution in [3.05, 3.63) is 170 Å². The minimum Gasteiger partial charge on any atom is -0.345 e. The third kappa shape index (κ3) is 5.35. The molecule has 0 unspecified atom stereocenters. The van der Waals surface area contributed by atoms with Gasteiger partial charge in [-0.25, -0.2) is 0 Å². The van der Waals surface area contributed by atoms with Crippen LogP contribution in [0.25, 0.3) is 27.1 Å². The van der Waals surface area contributed by atoms with Gasteiger partial charge < -0.3 is 9.80 Å². The van der Waals surface area contributed by atoms with Gasteiger partial charge in [0.2, 0.25) is 0 Å². The fourth-order valence-corrected chi connectivity index (χ4v) is 5.51. The van der Waals surface area contributed by atoms with E-state index in [2.05, 4.69) is 170 Å². The Labute approximate surface area is 248 Å². The summed E-state index contributed by atoms with van der Waals surface area (Å²) in [5.74, 6) is 0. The molecule has 0 bridgehead atoms. The van der Waals surface area contributed by atoms with Crippen LogP contribution in [-0.4, -0.2) is 7.05 Å². The monoisotopic (exact) mass is 542 g/mol. The summed E-state index contributed by atoms with van der Waals surface area (Å²) in [6.45, 7) is 5.86. The second-order valence-corrected chi connectivity index (χ2v) is 10.4. The lowest BCUT2D eigenvalue weighted by atomic mass is 10.0. The summed E-state index contributed by atoms with van der Waals surface area (Å²) >= 11 is 0. The standard InChI is InChI=1S/C40H34N2/c1-4-5-6-13-30(2)31-22-24-34(25-23-31)41(3)35-26-28-36(29-27-35)42(39-20-11-16-32-14-7-9-18-37(32)39)40-21-12-17-33-15-8-10-19-38(33)40/h4-29H,1H2,2-3H3/b6-5-,30-13+. The Morgan fingerprint density at radius 1 is 0.548 bits per heavy atom. The van der Waals surface area contributed by atoms with Crippen molar-refractivity contribution in [3.63, 3.8) is 0 Å². The van der Waals surface area contributed by atoms with E-state index in [1.54, 1.807) is 6.08 Å². The second kappa shape index (κ2) is 12.0. The molecule has 0 saturated carbocycles. The lowest BCUT2D eigenvalue weighted by Gasteiger charge is -2.29. The first kappa shape index (κ1) is 26.9. The second-order valence-electron chi connectivity index (χ2n) is 10.4. The molecule has 0 aliphatic heterocycles. The molecule has 0 aromatic heterocycles. The number of benzene rings is 6. The van der Waals surface area contributed by atoms with Crippen molar-refractivity contribution < 1.29 is 0 Å². The Balaban J connectivity index is 1.38. The van der Waals surface area contributed by atoms with E-state index >= 15 is 0 Å². The van der Waals surface area contributed by atoms with Crippen molar-refractivity contribution in [2.24, 2.45) is 0 Å². The first-order valence-corrected chi connectivity index (χ1v) is 14.3. The predicted octanol–water partition coefficient (Wildman–Crippen LogP) is 11.4. The van der Waals surface area contributed by atoms with Gasteiger partial charge in [-0.3, -0.25) is 0 Å². The molecule has 2 heteroatoms. The quantitative estimate of drug-likeness (QED) is 0.176. The minimum atomic E-state index is 1.11. The zero-order chi connectivity index (χ0) is 28.9. The third-order valence-corrected chi connectivity index (χ3v) is 7.81. The molecule has 0 amide bonds. The highest BCUT2D eigenvalue weighted by atomic mass is 15.1. The highest BCUT2D eigenvalue weighted by Crippen LogP contribution is 2.42. The fraction of sp³-hybridized carbons (Fsp3) is 0.0500.